The molecule has 236 valence electrons. The Bertz CT molecular complexity index is 1370. The van der Waals surface area contributed by atoms with Gasteiger partial charge in [0.05, 0.1) is 18.1 Å². The van der Waals surface area contributed by atoms with Gasteiger partial charge in [-0.05, 0) is 24.3 Å². The largest absolute Gasteiger partial charge is 0.460 e. The van der Waals surface area contributed by atoms with E-state index in [4.69, 9.17) is 24.1 Å². The number of nitro benzene ring substituents is 1. The Morgan fingerprint density at radius 1 is 0.791 bits per heavy atom. The number of H-pyrrole nitrogens is 1. The summed E-state index contributed by atoms with van der Waals surface area (Å²) < 4.78 is 22.1. The number of nitrogens with zero attached hydrogens (tertiary/aromatic N) is 1. The van der Waals surface area contributed by atoms with Crippen molar-refractivity contribution in [2.45, 2.75) is 61.4 Å². The summed E-state index contributed by atoms with van der Waals surface area (Å²) in [7, 11) is 0. The quantitative estimate of drug-likeness (QED) is 0.106. The molecule has 3 aromatic rings. The SMILES string of the molecule is O=[N+]([O-])c1ccccc1O[C@H]1O[C@H](CO)[C@H](O)[C@H](O)[C@H]1O.OC[C@H]1O[C@H](Oc2c[nH]c3ccc(Br)cc23)[C@H](O)[C@@H](O)[C@H]1O. The number of hydrogen-bond acceptors (Lipinski definition) is 14. The number of para-hydroxylation sites is 2. The van der Waals surface area contributed by atoms with Crippen molar-refractivity contribution in [1.82, 2.24) is 4.98 Å². The number of aliphatic hydroxyl groups excluding tert-OH is 8. The Morgan fingerprint density at radius 2 is 1.33 bits per heavy atom. The van der Waals surface area contributed by atoms with Gasteiger partial charge in [0, 0.05) is 27.6 Å². The Hall–Kier alpha value is -2.94. The van der Waals surface area contributed by atoms with Crippen LogP contribution in [0.5, 0.6) is 11.5 Å². The number of aromatic nitrogens is 1. The Labute approximate surface area is 251 Å². The summed E-state index contributed by atoms with van der Waals surface area (Å²) in [6.45, 7) is -1.11. The zero-order valence-corrected chi connectivity index (χ0v) is 23.7. The van der Waals surface area contributed by atoms with E-state index >= 15 is 0 Å². The van der Waals surface area contributed by atoms with Gasteiger partial charge in [0.25, 0.3) is 0 Å². The van der Waals surface area contributed by atoms with E-state index in [1.54, 1.807) is 6.20 Å². The zero-order chi connectivity index (χ0) is 31.4. The normalized spacial score (nSPS) is 32.5. The van der Waals surface area contributed by atoms with E-state index in [0.717, 1.165) is 15.4 Å². The average Bonchev–Trinajstić information content (AvgIpc) is 3.39. The monoisotopic (exact) mass is 674 g/mol. The van der Waals surface area contributed by atoms with Gasteiger partial charge in [-0.3, -0.25) is 10.1 Å². The first-order chi connectivity index (χ1) is 20.5. The minimum absolute atomic E-state index is 0.160. The molecule has 16 nitrogen and oxygen atoms in total. The van der Waals surface area contributed by atoms with Gasteiger partial charge in [-0.25, -0.2) is 0 Å². The molecular weight excluding hydrogens is 644 g/mol. The number of hydrogen-bond donors (Lipinski definition) is 9. The Kier molecular flexibility index (Phi) is 10.9. The molecule has 0 unspecified atom stereocenters. The molecule has 2 aliphatic rings. The summed E-state index contributed by atoms with van der Waals surface area (Å²) in [5, 5.41) is 88.4. The molecular formula is C26H31BrN2O14. The van der Waals surface area contributed by atoms with Gasteiger partial charge in [0.1, 0.15) is 54.6 Å². The van der Waals surface area contributed by atoms with Gasteiger partial charge < -0.3 is 64.8 Å². The predicted octanol–water partition coefficient (Wildman–Crippen LogP) is -1.12. The second-order valence-corrected chi connectivity index (χ2v) is 10.6. The summed E-state index contributed by atoms with van der Waals surface area (Å²) in [6.07, 6.45) is -12.2. The van der Waals surface area contributed by atoms with Crippen molar-refractivity contribution >= 4 is 32.5 Å². The topological polar surface area (TPSA) is 258 Å². The minimum Gasteiger partial charge on any atom is -0.460 e. The standard InChI is InChI=1S/C14H16BrNO6.C12H15NO8/c15-6-1-2-8-7(3-6)9(4-16-8)21-14-13(20)12(19)11(18)10(5-17)22-14;14-5-8-9(15)10(16)11(17)12(21-8)20-7-4-2-1-3-6(7)13(18)19/h1-4,10-14,16-20H,5H2;1-4,8-12,14-17H,5H2/t10-,11+,12+,13-,14+;8-,9+,10+,11-,12+/m11/s1. The first-order valence-corrected chi connectivity index (χ1v) is 13.7. The molecule has 17 heteroatoms. The van der Waals surface area contributed by atoms with Crippen molar-refractivity contribution in [3.8, 4) is 11.5 Å². The maximum absolute atomic E-state index is 10.9. The van der Waals surface area contributed by atoms with Crippen LogP contribution in [0.3, 0.4) is 0 Å². The highest BCUT2D eigenvalue weighted by Gasteiger charge is 2.46. The van der Waals surface area contributed by atoms with Gasteiger partial charge in [-0.1, -0.05) is 28.1 Å². The van der Waals surface area contributed by atoms with Crippen LogP contribution in [0.2, 0.25) is 0 Å². The van der Waals surface area contributed by atoms with Crippen LogP contribution in [0, 0.1) is 10.1 Å². The van der Waals surface area contributed by atoms with Gasteiger partial charge >= 0.3 is 5.69 Å². The lowest BCUT2D eigenvalue weighted by Gasteiger charge is -2.39. The van der Waals surface area contributed by atoms with Crippen LogP contribution in [0.15, 0.2) is 53.1 Å². The fraction of sp³-hybridized carbons (Fsp3) is 0.462. The van der Waals surface area contributed by atoms with Crippen LogP contribution in [-0.2, 0) is 9.47 Å². The van der Waals surface area contributed by atoms with Crippen molar-refractivity contribution in [3.63, 3.8) is 0 Å². The summed E-state index contributed by atoms with van der Waals surface area (Å²) >= 11 is 3.37. The molecule has 0 saturated carbocycles. The third-order valence-electron chi connectivity index (χ3n) is 6.85. The number of aliphatic hydroxyl groups is 8. The lowest BCUT2D eigenvalue weighted by molar-refractivity contribution is -0.387. The molecule has 0 amide bonds. The number of nitrogens with one attached hydrogen (secondary N) is 1. The van der Waals surface area contributed by atoms with Crippen molar-refractivity contribution in [3.05, 3.63) is 63.2 Å². The highest BCUT2D eigenvalue weighted by atomic mass is 79.9. The maximum Gasteiger partial charge on any atom is 0.311 e. The summed E-state index contributed by atoms with van der Waals surface area (Å²) in [6, 6.07) is 11.0. The van der Waals surface area contributed by atoms with E-state index in [2.05, 4.69) is 20.9 Å². The van der Waals surface area contributed by atoms with Crippen molar-refractivity contribution in [2.24, 2.45) is 0 Å². The smallest absolute Gasteiger partial charge is 0.311 e. The Balaban J connectivity index is 0.000000197. The van der Waals surface area contributed by atoms with Crippen molar-refractivity contribution < 1.29 is 64.7 Å². The predicted molar refractivity (Wildman–Crippen MR) is 148 cm³/mol. The lowest BCUT2D eigenvalue weighted by atomic mass is 9.99. The van der Waals surface area contributed by atoms with Crippen LogP contribution in [0.1, 0.15) is 0 Å². The zero-order valence-electron chi connectivity index (χ0n) is 22.2. The van der Waals surface area contributed by atoms with Crippen LogP contribution in [0.25, 0.3) is 10.9 Å². The first-order valence-electron chi connectivity index (χ1n) is 12.9. The average molecular weight is 675 g/mol. The molecule has 0 radical (unpaired) electrons. The molecule has 3 heterocycles. The molecule has 5 rings (SSSR count). The first kappa shape index (κ1) is 33.0. The number of nitro groups is 1. The van der Waals surface area contributed by atoms with Crippen molar-refractivity contribution in [2.75, 3.05) is 13.2 Å². The highest BCUT2D eigenvalue weighted by Crippen LogP contribution is 2.32. The van der Waals surface area contributed by atoms with Crippen LogP contribution in [-0.4, -0.2) is 125 Å². The van der Waals surface area contributed by atoms with Crippen molar-refractivity contribution in [1.29, 1.82) is 0 Å². The minimum atomic E-state index is -1.62. The number of fused-ring (bicyclic) bond motifs is 1. The van der Waals surface area contributed by atoms with Gasteiger partial charge in [0.2, 0.25) is 12.6 Å². The van der Waals surface area contributed by atoms with Gasteiger partial charge in [0.15, 0.2) is 5.75 Å². The number of ether oxygens (including phenoxy) is 4. The van der Waals surface area contributed by atoms with Gasteiger partial charge in [-0.2, -0.15) is 0 Å². The molecule has 2 aliphatic heterocycles. The molecule has 0 spiro atoms. The number of benzene rings is 2. The summed E-state index contributed by atoms with van der Waals surface area (Å²) in [4.78, 5) is 13.2. The van der Waals surface area contributed by atoms with E-state index < -0.39 is 79.5 Å². The second-order valence-electron chi connectivity index (χ2n) is 9.70. The molecule has 0 aliphatic carbocycles. The number of rotatable bonds is 7. The molecule has 2 aromatic carbocycles. The highest BCUT2D eigenvalue weighted by molar-refractivity contribution is 9.10. The molecule has 43 heavy (non-hydrogen) atoms. The molecule has 2 saturated heterocycles. The Morgan fingerprint density at radius 3 is 1.86 bits per heavy atom. The molecule has 9 N–H and O–H groups in total. The van der Waals surface area contributed by atoms with E-state index in [9.17, 15) is 45.9 Å². The fourth-order valence-corrected chi connectivity index (χ4v) is 4.81. The second kappa shape index (κ2) is 14.2. The molecule has 10 atom stereocenters. The molecule has 1 aromatic heterocycles. The fourth-order valence-electron chi connectivity index (χ4n) is 4.45. The van der Waals surface area contributed by atoms with Crippen LogP contribution < -0.4 is 9.47 Å². The van der Waals surface area contributed by atoms with E-state index in [-0.39, 0.29) is 11.4 Å². The number of aromatic amines is 1. The maximum atomic E-state index is 10.9. The third kappa shape index (κ3) is 7.24. The van der Waals surface area contributed by atoms with Crippen LogP contribution >= 0.6 is 15.9 Å². The van der Waals surface area contributed by atoms with E-state index in [0.29, 0.717) is 5.75 Å². The summed E-state index contributed by atoms with van der Waals surface area (Å²) in [5.41, 5.74) is 0.497. The lowest BCUT2D eigenvalue weighted by Crippen LogP contribution is -2.60. The molecule has 0 bridgehead atoms. The van der Waals surface area contributed by atoms with E-state index in [1.165, 1.54) is 24.3 Å². The molecule has 2 fully saturated rings. The van der Waals surface area contributed by atoms with E-state index in [1.807, 2.05) is 18.2 Å². The number of halogens is 1. The van der Waals surface area contributed by atoms with Gasteiger partial charge in [-0.15, -0.1) is 0 Å². The summed E-state index contributed by atoms with van der Waals surface area (Å²) in [5.74, 6) is 0.271. The van der Waals surface area contributed by atoms with Crippen LogP contribution in [0.4, 0.5) is 5.69 Å². The third-order valence-corrected chi connectivity index (χ3v) is 7.34.